The van der Waals surface area contributed by atoms with E-state index in [-0.39, 0.29) is 5.91 Å². The summed E-state index contributed by atoms with van der Waals surface area (Å²) in [6.07, 6.45) is 12.3. The van der Waals surface area contributed by atoms with E-state index in [2.05, 4.69) is 55.5 Å². The highest BCUT2D eigenvalue weighted by Gasteiger charge is 2.24. The number of anilines is 2. The molecule has 4 aromatic rings. The number of carbonyl (C=O) groups excluding carboxylic acids is 1. The summed E-state index contributed by atoms with van der Waals surface area (Å²) in [7, 11) is 0. The van der Waals surface area contributed by atoms with Gasteiger partial charge in [0.1, 0.15) is 0 Å². The molecule has 0 spiro atoms. The van der Waals surface area contributed by atoms with Crippen molar-refractivity contribution in [3.05, 3.63) is 71.9 Å². The van der Waals surface area contributed by atoms with Crippen LogP contribution in [0.1, 0.15) is 40.4 Å². The predicted molar refractivity (Wildman–Crippen MR) is 134 cm³/mol. The van der Waals surface area contributed by atoms with E-state index in [0.29, 0.717) is 11.6 Å². The van der Waals surface area contributed by atoms with Gasteiger partial charge in [-0.05, 0) is 61.6 Å². The van der Waals surface area contributed by atoms with E-state index in [0.717, 1.165) is 60.0 Å². The zero-order valence-corrected chi connectivity index (χ0v) is 19.6. The summed E-state index contributed by atoms with van der Waals surface area (Å²) in [5, 5.41) is 3.15. The molecule has 2 aliphatic rings. The first-order valence-corrected chi connectivity index (χ1v) is 12.0. The highest BCUT2D eigenvalue weighted by Crippen LogP contribution is 2.36. The summed E-state index contributed by atoms with van der Waals surface area (Å²) in [6.45, 7) is 7.30. The van der Waals surface area contributed by atoms with Crippen LogP contribution in [-0.2, 0) is 4.74 Å². The Morgan fingerprint density at radius 3 is 2.68 bits per heavy atom. The number of nitrogens with zero attached hydrogens (tertiary/aromatic N) is 4. The Kier molecular flexibility index (Phi) is 5.14. The predicted octanol–water partition coefficient (Wildman–Crippen LogP) is 4.84. The molecule has 1 N–H and O–H groups in total. The zero-order chi connectivity index (χ0) is 23.2. The third-order valence-corrected chi connectivity index (χ3v) is 6.90. The number of hydrogen-bond donors (Lipinski definition) is 1. The fraction of sp³-hybridized carbons (Fsp3) is 0.333. The summed E-state index contributed by atoms with van der Waals surface area (Å²) in [4.78, 5) is 19.9. The van der Waals surface area contributed by atoms with Crippen molar-refractivity contribution < 1.29 is 9.53 Å². The zero-order valence-electron chi connectivity index (χ0n) is 19.6. The number of imidazole rings is 1. The first kappa shape index (κ1) is 21.0. The van der Waals surface area contributed by atoms with Gasteiger partial charge < -0.3 is 23.9 Å². The maximum atomic E-state index is 13.0. The summed E-state index contributed by atoms with van der Waals surface area (Å²) in [5.74, 6) is -0.0728. The van der Waals surface area contributed by atoms with E-state index in [1.165, 1.54) is 18.4 Å². The lowest BCUT2D eigenvalue weighted by atomic mass is 9.97. The molecule has 2 fully saturated rings. The number of aromatic nitrogens is 3. The van der Waals surface area contributed by atoms with Gasteiger partial charge in [0.25, 0.3) is 5.91 Å². The van der Waals surface area contributed by atoms with Crippen LogP contribution >= 0.6 is 0 Å². The Bertz CT molecular complexity index is 1380. The minimum absolute atomic E-state index is 0.0728. The Balaban J connectivity index is 1.35. The topological polar surface area (TPSA) is 63.8 Å². The standard InChI is InChI=1S/C27H29N5O2/c1-18-13-19(2)24(29-27(33)20-5-7-31(16-20)22-3-4-22)15-23(18)21-14-25(30-9-11-34-12-10-30)26-28-6-8-32(26)17-21/h5-8,13-17,22H,3-4,9-12H2,1-2H3,(H,29,33). The maximum Gasteiger partial charge on any atom is 0.257 e. The smallest absolute Gasteiger partial charge is 0.257 e. The normalized spacial score (nSPS) is 16.2. The second kappa shape index (κ2) is 8.33. The Morgan fingerprint density at radius 1 is 1.06 bits per heavy atom. The third kappa shape index (κ3) is 3.86. The van der Waals surface area contributed by atoms with Crippen molar-refractivity contribution in [1.82, 2.24) is 14.0 Å². The van der Waals surface area contributed by atoms with Crippen LogP contribution < -0.4 is 10.2 Å². The molecule has 1 aliphatic carbocycles. The van der Waals surface area contributed by atoms with Crippen LogP contribution in [0.5, 0.6) is 0 Å². The molecule has 7 heteroatoms. The number of rotatable bonds is 5. The fourth-order valence-electron chi connectivity index (χ4n) is 4.84. The van der Waals surface area contributed by atoms with Crippen LogP contribution in [-0.4, -0.2) is 46.2 Å². The molecular formula is C27H29N5O2. The molecule has 174 valence electrons. The third-order valence-electron chi connectivity index (χ3n) is 6.90. The average molecular weight is 456 g/mol. The molecule has 1 saturated heterocycles. The maximum absolute atomic E-state index is 13.0. The number of ether oxygens (including phenoxy) is 1. The van der Waals surface area contributed by atoms with E-state index < -0.39 is 0 Å². The van der Waals surface area contributed by atoms with E-state index >= 15 is 0 Å². The molecule has 1 saturated carbocycles. The first-order chi connectivity index (χ1) is 16.6. The Hall–Kier alpha value is -3.58. The lowest BCUT2D eigenvalue weighted by molar-refractivity contribution is 0.102. The minimum atomic E-state index is -0.0728. The first-order valence-electron chi connectivity index (χ1n) is 12.0. The van der Waals surface area contributed by atoms with Crippen LogP contribution in [0.15, 0.2) is 55.2 Å². The number of fused-ring (bicyclic) bond motifs is 1. The molecule has 0 radical (unpaired) electrons. The highest BCUT2D eigenvalue weighted by atomic mass is 16.5. The van der Waals surface area contributed by atoms with E-state index in [4.69, 9.17) is 4.74 Å². The molecule has 0 unspecified atom stereocenters. The lowest BCUT2D eigenvalue weighted by Crippen LogP contribution is -2.36. The molecule has 6 rings (SSSR count). The van der Waals surface area contributed by atoms with E-state index in [1.807, 2.05) is 37.8 Å². The summed E-state index contributed by atoms with van der Waals surface area (Å²) >= 11 is 0. The van der Waals surface area contributed by atoms with Crippen LogP contribution in [0.3, 0.4) is 0 Å². The van der Waals surface area contributed by atoms with Gasteiger partial charge in [0, 0.05) is 61.4 Å². The molecule has 3 aromatic heterocycles. The van der Waals surface area contributed by atoms with Crippen LogP contribution in [0, 0.1) is 13.8 Å². The molecule has 1 aliphatic heterocycles. The minimum Gasteiger partial charge on any atom is -0.378 e. The second-order valence-corrected chi connectivity index (χ2v) is 9.39. The quantitative estimate of drug-likeness (QED) is 0.468. The molecule has 0 atom stereocenters. The average Bonchev–Trinajstić information content (AvgIpc) is 3.37. The van der Waals surface area contributed by atoms with Gasteiger partial charge in [0.15, 0.2) is 5.65 Å². The van der Waals surface area contributed by atoms with Gasteiger partial charge in [-0.15, -0.1) is 0 Å². The van der Waals surface area contributed by atoms with Crippen LogP contribution in [0.2, 0.25) is 0 Å². The van der Waals surface area contributed by atoms with E-state index in [1.54, 1.807) is 0 Å². The molecule has 0 bridgehead atoms. The number of aryl methyl sites for hydroxylation is 2. The van der Waals surface area contributed by atoms with Crippen molar-refractivity contribution in [2.45, 2.75) is 32.7 Å². The van der Waals surface area contributed by atoms with Crippen LogP contribution in [0.4, 0.5) is 11.4 Å². The van der Waals surface area contributed by atoms with Crippen molar-refractivity contribution in [2.24, 2.45) is 0 Å². The van der Waals surface area contributed by atoms with Gasteiger partial charge in [-0.25, -0.2) is 4.98 Å². The van der Waals surface area contributed by atoms with Gasteiger partial charge >= 0.3 is 0 Å². The van der Waals surface area contributed by atoms with Gasteiger partial charge in [-0.2, -0.15) is 0 Å². The number of morpholine rings is 1. The number of carbonyl (C=O) groups is 1. The van der Waals surface area contributed by atoms with Gasteiger partial charge in [-0.3, -0.25) is 4.79 Å². The number of hydrogen-bond acceptors (Lipinski definition) is 4. The summed E-state index contributed by atoms with van der Waals surface area (Å²) < 4.78 is 9.79. The largest absolute Gasteiger partial charge is 0.378 e. The van der Waals surface area contributed by atoms with Gasteiger partial charge in [0.05, 0.1) is 24.5 Å². The van der Waals surface area contributed by atoms with Crippen molar-refractivity contribution in [3.8, 4) is 11.1 Å². The van der Waals surface area contributed by atoms with Gasteiger partial charge in [0.2, 0.25) is 0 Å². The highest BCUT2D eigenvalue weighted by molar-refractivity contribution is 6.05. The molecular weight excluding hydrogens is 426 g/mol. The summed E-state index contributed by atoms with van der Waals surface area (Å²) in [5.41, 5.74) is 8.01. The Labute approximate surface area is 199 Å². The van der Waals surface area contributed by atoms with Crippen molar-refractivity contribution in [1.29, 1.82) is 0 Å². The lowest BCUT2D eigenvalue weighted by Gasteiger charge is -2.29. The van der Waals surface area contributed by atoms with Gasteiger partial charge in [-0.1, -0.05) is 6.07 Å². The van der Waals surface area contributed by atoms with E-state index in [9.17, 15) is 4.79 Å². The molecule has 7 nitrogen and oxygen atoms in total. The molecule has 1 amide bonds. The van der Waals surface area contributed by atoms with Crippen molar-refractivity contribution in [3.63, 3.8) is 0 Å². The van der Waals surface area contributed by atoms with Crippen molar-refractivity contribution in [2.75, 3.05) is 36.5 Å². The summed E-state index contributed by atoms with van der Waals surface area (Å²) in [6, 6.07) is 8.92. The number of amides is 1. The molecule has 34 heavy (non-hydrogen) atoms. The Morgan fingerprint density at radius 2 is 1.88 bits per heavy atom. The van der Waals surface area contributed by atoms with Crippen LogP contribution in [0.25, 0.3) is 16.8 Å². The fourth-order valence-corrected chi connectivity index (χ4v) is 4.84. The SMILES string of the molecule is Cc1cc(C)c(-c2cc(N3CCOCC3)c3nccn3c2)cc1NC(=O)c1ccn(C2CC2)c1. The monoisotopic (exact) mass is 455 g/mol. The molecule has 1 aromatic carbocycles. The number of pyridine rings is 1. The molecule has 4 heterocycles. The van der Waals surface area contributed by atoms with Crippen molar-refractivity contribution >= 4 is 22.9 Å². The number of benzene rings is 1. The number of nitrogens with one attached hydrogen (secondary N) is 1. The second-order valence-electron chi connectivity index (χ2n) is 9.39.